The number of hydrogen-bond acceptors (Lipinski definition) is 2. The van der Waals surface area contributed by atoms with Crippen molar-refractivity contribution in [2.45, 2.75) is 32.1 Å². The van der Waals surface area contributed by atoms with Crippen LogP contribution in [0.4, 0.5) is 0 Å². The molecular weight excluding hydrogens is 138 g/mol. The van der Waals surface area contributed by atoms with Gasteiger partial charge in [-0.3, -0.25) is 0 Å². The van der Waals surface area contributed by atoms with Gasteiger partial charge in [0.25, 0.3) is 0 Å². The van der Waals surface area contributed by atoms with E-state index >= 15 is 0 Å². The number of carbonyl (C=O) groups is 1. The SMILES string of the molecule is NC1=CCC(CCC=O)CC1. The highest BCUT2D eigenvalue weighted by Gasteiger charge is 2.11. The summed E-state index contributed by atoms with van der Waals surface area (Å²) >= 11 is 0. The lowest BCUT2D eigenvalue weighted by molar-refractivity contribution is -0.108. The van der Waals surface area contributed by atoms with Crippen LogP contribution in [0.15, 0.2) is 11.8 Å². The summed E-state index contributed by atoms with van der Waals surface area (Å²) in [6.45, 7) is 0. The molecule has 0 spiro atoms. The zero-order valence-corrected chi connectivity index (χ0v) is 6.75. The third-order valence-electron chi connectivity index (χ3n) is 2.25. The molecule has 0 aromatic carbocycles. The standard InChI is InChI=1S/C9H15NO/c10-9-5-3-8(4-6-9)2-1-7-11/h5,7-8H,1-4,6,10H2. The second kappa shape index (κ2) is 4.16. The van der Waals surface area contributed by atoms with Crippen LogP contribution in [0.2, 0.25) is 0 Å². The number of hydrogen-bond donors (Lipinski definition) is 1. The molecule has 1 unspecified atom stereocenters. The van der Waals surface area contributed by atoms with Gasteiger partial charge in [0.15, 0.2) is 0 Å². The molecule has 1 atom stereocenters. The molecule has 62 valence electrons. The lowest BCUT2D eigenvalue weighted by Gasteiger charge is -2.18. The van der Waals surface area contributed by atoms with Crippen molar-refractivity contribution in [1.82, 2.24) is 0 Å². The molecule has 1 aliphatic carbocycles. The van der Waals surface area contributed by atoms with Gasteiger partial charge < -0.3 is 10.5 Å². The normalized spacial score (nSPS) is 24.4. The molecule has 2 nitrogen and oxygen atoms in total. The molecule has 0 fully saturated rings. The summed E-state index contributed by atoms with van der Waals surface area (Å²) in [7, 11) is 0. The Kier molecular flexibility index (Phi) is 3.14. The van der Waals surface area contributed by atoms with E-state index in [1.54, 1.807) is 0 Å². The summed E-state index contributed by atoms with van der Waals surface area (Å²) < 4.78 is 0. The van der Waals surface area contributed by atoms with E-state index < -0.39 is 0 Å². The van der Waals surface area contributed by atoms with E-state index in [9.17, 15) is 4.79 Å². The summed E-state index contributed by atoms with van der Waals surface area (Å²) in [6, 6.07) is 0. The van der Waals surface area contributed by atoms with E-state index in [1.807, 2.05) is 0 Å². The topological polar surface area (TPSA) is 43.1 Å². The monoisotopic (exact) mass is 153 g/mol. The lowest BCUT2D eigenvalue weighted by atomic mass is 9.89. The highest BCUT2D eigenvalue weighted by molar-refractivity contribution is 5.49. The van der Waals surface area contributed by atoms with Crippen molar-refractivity contribution in [3.63, 3.8) is 0 Å². The van der Waals surface area contributed by atoms with Gasteiger partial charge in [-0.1, -0.05) is 6.08 Å². The maximum absolute atomic E-state index is 10.1. The van der Waals surface area contributed by atoms with Gasteiger partial charge in [0.2, 0.25) is 0 Å². The number of rotatable bonds is 3. The predicted molar refractivity (Wildman–Crippen MR) is 44.9 cm³/mol. The van der Waals surface area contributed by atoms with Crippen molar-refractivity contribution in [2.24, 2.45) is 11.7 Å². The van der Waals surface area contributed by atoms with Crippen LogP contribution in [-0.4, -0.2) is 6.29 Å². The Hall–Kier alpha value is -0.790. The average molecular weight is 153 g/mol. The number of carbonyl (C=O) groups excluding carboxylic acids is 1. The fraction of sp³-hybridized carbons (Fsp3) is 0.667. The van der Waals surface area contributed by atoms with E-state index in [4.69, 9.17) is 5.73 Å². The van der Waals surface area contributed by atoms with Gasteiger partial charge in [0, 0.05) is 12.1 Å². The largest absolute Gasteiger partial charge is 0.402 e. The summed E-state index contributed by atoms with van der Waals surface area (Å²) in [5.74, 6) is 0.701. The number of aldehydes is 1. The first-order valence-corrected chi connectivity index (χ1v) is 4.21. The Bertz CT molecular complexity index is 163. The van der Waals surface area contributed by atoms with Crippen LogP contribution >= 0.6 is 0 Å². The van der Waals surface area contributed by atoms with Crippen LogP contribution in [0.25, 0.3) is 0 Å². The van der Waals surface area contributed by atoms with Gasteiger partial charge in [0.1, 0.15) is 6.29 Å². The minimum absolute atomic E-state index is 0.701. The van der Waals surface area contributed by atoms with Crippen LogP contribution in [-0.2, 0) is 4.79 Å². The van der Waals surface area contributed by atoms with Crippen LogP contribution < -0.4 is 5.73 Å². The molecule has 0 amide bonds. The fourth-order valence-electron chi connectivity index (χ4n) is 1.47. The molecule has 2 heteroatoms. The van der Waals surface area contributed by atoms with Crippen molar-refractivity contribution in [2.75, 3.05) is 0 Å². The first-order chi connectivity index (χ1) is 5.33. The molecule has 0 aromatic rings. The van der Waals surface area contributed by atoms with Crippen molar-refractivity contribution >= 4 is 6.29 Å². The van der Waals surface area contributed by atoms with E-state index in [1.165, 1.54) is 0 Å². The van der Waals surface area contributed by atoms with Gasteiger partial charge in [-0.25, -0.2) is 0 Å². The minimum atomic E-state index is 0.701. The van der Waals surface area contributed by atoms with Crippen molar-refractivity contribution in [3.8, 4) is 0 Å². The van der Waals surface area contributed by atoms with Gasteiger partial charge in [-0.05, 0) is 31.6 Å². The van der Waals surface area contributed by atoms with E-state index in [2.05, 4.69) is 6.08 Å². The van der Waals surface area contributed by atoms with Crippen molar-refractivity contribution in [3.05, 3.63) is 11.8 Å². The Balaban J connectivity index is 2.23. The first-order valence-electron chi connectivity index (χ1n) is 4.21. The summed E-state index contributed by atoms with van der Waals surface area (Å²) in [6.07, 6.45) is 8.09. The molecule has 0 aromatic heterocycles. The molecule has 0 saturated carbocycles. The Morgan fingerprint density at radius 3 is 3.09 bits per heavy atom. The second-order valence-corrected chi connectivity index (χ2v) is 3.16. The molecule has 0 heterocycles. The fourth-order valence-corrected chi connectivity index (χ4v) is 1.47. The van der Waals surface area contributed by atoms with Gasteiger partial charge >= 0.3 is 0 Å². The average Bonchev–Trinajstić information content (AvgIpc) is 2.04. The number of allylic oxidation sites excluding steroid dienone is 2. The minimum Gasteiger partial charge on any atom is -0.402 e. The zero-order chi connectivity index (χ0) is 8.10. The number of nitrogens with two attached hydrogens (primary N) is 1. The Morgan fingerprint density at radius 1 is 1.73 bits per heavy atom. The maximum atomic E-state index is 10.1. The molecule has 11 heavy (non-hydrogen) atoms. The smallest absolute Gasteiger partial charge is 0.120 e. The Morgan fingerprint density at radius 2 is 2.55 bits per heavy atom. The van der Waals surface area contributed by atoms with Crippen LogP contribution in [0.5, 0.6) is 0 Å². The van der Waals surface area contributed by atoms with Gasteiger partial charge in [0.05, 0.1) is 0 Å². The Labute approximate surface area is 67.5 Å². The third kappa shape index (κ3) is 2.74. The van der Waals surface area contributed by atoms with E-state index in [0.29, 0.717) is 12.3 Å². The molecule has 1 rings (SSSR count). The summed E-state index contributed by atoms with van der Waals surface area (Å²) in [5.41, 5.74) is 6.64. The molecule has 0 aliphatic heterocycles. The summed E-state index contributed by atoms with van der Waals surface area (Å²) in [4.78, 5) is 10.1. The van der Waals surface area contributed by atoms with Crippen LogP contribution in [0.3, 0.4) is 0 Å². The molecule has 2 N–H and O–H groups in total. The predicted octanol–water partition coefficient (Wildman–Crippen LogP) is 1.61. The highest BCUT2D eigenvalue weighted by atomic mass is 16.1. The van der Waals surface area contributed by atoms with Gasteiger partial charge in [-0.2, -0.15) is 0 Å². The quantitative estimate of drug-likeness (QED) is 0.626. The first kappa shape index (κ1) is 8.31. The van der Waals surface area contributed by atoms with Crippen LogP contribution in [0.1, 0.15) is 32.1 Å². The second-order valence-electron chi connectivity index (χ2n) is 3.16. The van der Waals surface area contributed by atoms with Crippen molar-refractivity contribution in [1.29, 1.82) is 0 Å². The molecule has 0 saturated heterocycles. The highest BCUT2D eigenvalue weighted by Crippen LogP contribution is 2.24. The summed E-state index contributed by atoms with van der Waals surface area (Å²) in [5, 5.41) is 0. The molecule has 0 radical (unpaired) electrons. The lowest BCUT2D eigenvalue weighted by Crippen LogP contribution is -2.10. The molecular formula is C9H15NO. The van der Waals surface area contributed by atoms with E-state index in [-0.39, 0.29) is 0 Å². The third-order valence-corrected chi connectivity index (χ3v) is 2.25. The maximum Gasteiger partial charge on any atom is 0.120 e. The zero-order valence-electron chi connectivity index (χ0n) is 6.75. The van der Waals surface area contributed by atoms with Crippen molar-refractivity contribution < 1.29 is 4.79 Å². The molecule has 0 bridgehead atoms. The van der Waals surface area contributed by atoms with Gasteiger partial charge in [-0.15, -0.1) is 0 Å². The molecule has 1 aliphatic rings. The van der Waals surface area contributed by atoms with Crippen LogP contribution in [0, 0.1) is 5.92 Å². The van der Waals surface area contributed by atoms with E-state index in [0.717, 1.165) is 37.7 Å².